The van der Waals surface area contributed by atoms with Crippen molar-refractivity contribution in [2.75, 3.05) is 18.5 Å². The normalized spacial score (nSPS) is 12.2. The van der Waals surface area contributed by atoms with Gasteiger partial charge in [-0.2, -0.15) is 0 Å². The Morgan fingerprint density at radius 1 is 1.14 bits per heavy atom. The van der Waals surface area contributed by atoms with Crippen molar-refractivity contribution in [1.29, 1.82) is 0 Å². The van der Waals surface area contributed by atoms with Crippen molar-refractivity contribution in [3.8, 4) is 0 Å². The summed E-state index contributed by atoms with van der Waals surface area (Å²) in [5, 5.41) is 0.769. The van der Waals surface area contributed by atoms with E-state index < -0.39 is 0 Å². The average Bonchev–Trinajstić information content (AvgIpc) is 2.45. The van der Waals surface area contributed by atoms with Crippen molar-refractivity contribution in [2.24, 2.45) is 5.73 Å². The Labute approximate surface area is 132 Å². The second-order valence-electron chi connectivity index (χ2n) is 5.61. The SMILES string of the molecule is CC(N)Cc1cc(Cl)ccc1N(C)CCc1ccccc1. The number of rotatable bonds is 6. The van der Waals surface area contributed by atoms with Crippen molar-refractivity contribution < 1.29 is 0 Å². The van der Waals surface area contributed by atoms with E-state index in [2.05, 4.69) is 42.3 Å². The molecule has 0 aliphatic heterocycles. The lowest BCUT2D eigenvalue weighted by Crippen LogP contribution is -2.24. The summed E-state index contributed by atoms with van der Waals surface area (Å²) in [6.45, 7) is 2.99. The summed E-state index contributed by atoms with van der Waals surface area (Å²) < 4.78 is 0. The minimum absolute atomic E-state index is 0.129. The highest BCUT2D eigenvalue weighted by Crippen LogP contribution is 2.25. The van der Waals surface area contributed by atoms with Crippen molar-refractivity contribution in [3.63, 3.8) is 0 Å². The van der Waals surface area contributed by atoms with Gasteiger partial charge in [0, 0.05) is 30.3 Å². The Balaban J connectivity index is 2.09. The highest BCUT2D eigenvalue weighted by atomic mass is 35.5. The number of halogens is 1. The molecule has 0 saturated carbocycles. The minimum atomic E-state index is 0.129. The number of hydrogen-bond donors (Lipinski definition) is 1. The second-order valence-corrected chi connectivity index (χ2v) is 6.05. The van der Waals surface area contributed by atoms with Crippen LogP contribution in [-0.4, -0.2) is 19.6 Å². The molecule has 0 aliphatic rings. The molecule has 0 bridgehead atoms. The lowest BCUT2D eigenvalue weighted by Gasteiger charge is -2.23. The lowest BCUT2D eigenvalue weighted by atomic mass is 10.0. The molecule has 0 radical (unpaired) electrons. The zero-order chi connectivity index (χ0) is 15.2. The first kappa shape index (κ1) is 15.9. The topological polar surface area (TPSA) is 29.3 Å². The number of nitrogens with zero attached hydrogens (tertiary/aromatic N) is 1. The van der Waals surface area contributed by atoms with Crippen LogP contribution in [0.25, 0.3) is 0 Å². The molecule has 3 heteroatoms. The fourth-order valence-electron chi connectivity index (χ4n) is 2.50. The second kappa shape index (κ2) is 7.48. The first-order valence-electron chi connectivity index (χ1n) is 7.35. The maximum Gasteiger partial charge on any atom is 0.0410 e. The van der Waals surface area contributed by atoms with E-state index in [-0.39, 0.29) is 6.04 Å². The van der Waals surface area contributed by atoms with Gasteiger partial charge in [0.1, 0.15) is 0 Å². The molecule has 0 saturated heterocycles. The highest BCUT2D eigenvalue weighted by Gasteiger charge is 2.10. The van der Waals surface area contributed by atoms with E-state index in [1.54, 1.807) is 0 Å². The number of likely N-dealkylation sites (N-methyl/N-ethyl adjacent to an activating group) is 1. The van der Waals surface area contributed by atoms with Crippen LogP contribution in [0.2, 0.25) is 5.02 Å². The first-order chi connectivity index (χ1) is 10.1. The molecule has 0 aliphatic carbocycles. The smallest absolute Gasteiger partial charge is 0.0410 e. The molecule has 2 nitrogen and oxygen atoms in total. The molecule has 0 spiro atoms. The monoisotopic (exact) mass is 302 g/mol. The van der Waals surface area contributed by atoms with Crippen molar-refractivity contribution in [1.82, 2.24) is 0 Å². The number of nitrogens with two attached hydrogens (primary N) is 1. The van der Waals surface area contributed by atoms with Crippen LogP contribution >= 0.6 is 11.6 Å². The molecule has 0 amide bonds. The van der Waals surface area contributed by atoms with E-state index in [9.17, 15) is 0 Å². The molecule has 0 fully saturated rings. The van der Waals surface area contributed by atoms with E-state index in [1.807, 2.05) is 25.1 Å². The molecule has 1 atom stereocenters. The lowest BCUT2D eigenvalue weighted by molar-refractivity contribution is 0.733. The van der Waals surface area contributed by atoms with Crippen LogP contribution in [0.4, 0.5) is 5.69 Å². The summed E-state index contributed by atoms with van der Waals surface area (Å²) >= 11 is 6.12. The van der Waals surface area contributed by atoms with Crippen LogP contribution in [-0.2, 0) is 12.8 Å². The molecule has 21 heavy (non-hydrogen) atoms. The molecule has 1 unspecified atom stereocenters. The molecular weight excluding hydrogens is 280 g/mol. The van der Waals surface area contributed by atoms with Gasteiger partial charge in [-0.25, -0.2) is 0 Å². The zero-order valence-corrected chi connectivity index (χ0v) is 13.5. The van der Waals surface area contributed by atoms with Gasteiger partial charge >= 0.3 is 0 Å². The van der Waals surface area contributed by atoms with Crippen LogP contribution in [0.5, 0.6) is 0 Å². The summed E-state index contributed by atoms with van der Waals surface area (Å²) in [6, 6.07) is 16.7. The molecule has 112 valence electrons. The average molecular weight is 303 g/mol. The number of hydrogen-bond acceptors (Lipinski definition) is 2. The van der Waals surface area contributed by atoms with Gasteiger partial charge in [-0.1, -0.05) is 41.9 Å². The Hall–Kier alpha value is -1.51. The van der Waals surface area contributed by atoms with Gasteiger partial charge in [0.2, 0.25) is 0 Å². The van der Waals surface area contributed by atoms with Gasteiger partial charge < -0.3 is 10.6 Å². The molecule has 2 aromatic rings. The highest BCUT2D eigenvalue weighted by molar-refractivity contribution is 6.30. The first-order valence-corrected chi connectivity index (χ1v) is 7.73. The quantitative estimate of drug-likeness (QED) is 0.876. The molecule has 2 aromatic carbocycles. The van der Waals surface area contributed by atoms with Crippen LogP contribution in [0.1, 0.15) is 18.1 Å². The third-order valence-corrected chi connectivity index (χ3v) is 3.81. The number of benzene rings is 2. The van der Waals surface area contributed by atoms with Crippen LogP contribution in [0.15, 0.2) is 48.5 Å². The van der Waals surface area contributed by atoms with Gasteiger partial charge in [-0.05, 0) is 49.1 Å². The van der Waals surface area contributed by atoms with E-state index in [0.717, 1.165) is 24.4 Å². The maximum absolute atomic E-state index is 6.12. The Morgan fingerprint density at radius 2 is 1.86 bits per heavy atom. The Kier molecular flexibility index (Phi) is 5.66. The van der Waals surface area contributed by atoms with Crippen LogP contribution in [0, 0.1) is 0 Å². The van der Waals surface area contributed by atoms with Gasteiger partial charge in [-0.15, -0.1) is 0 Å². The zero-order valence-electron chi connectivity index (χ0n) is 12.7. The summed E-state index contributed by atoms with van der Waals surface area (Å²) in [6.07, 6.45) is 1.86. The van der Waals surface area contributed by atoms with Gasteiger partial charge in [0.05, 0.1) is 0 Å². The van der Waals surface area contributed by atoms with E-state index >= 15 is 0 Å². The largest absolute Gasteiger partial charge is 0.374 e. The summed E-state index contributed by atoms with van der Waals surface area (Å²) in [5.41, 5.74) is 9.73. The molecule has 0 heterocycles. The molecular formula is C18H23ClN2. The van der Waals surface area contributed by atoms with Crippen molar-refractivity contribution in [2.45, 2.75) is 25.8 Å². The van der Waals surface area contributed by atoms with E-state index in [1.165, 1.54) is 16.8 Å². The third-order valence-electron chi connectivity index (χ3n) is 3.57. The summed E-state index contributed by atoms with van der Waals surface area (Å²) in [5.74, 6) is 0. The van der Waals surface area contributed by atoms with Crippen molar-refractivity contribution in [3.05, 3.63) is 64.7 Å². The van der Waals surface area contributed by atoms with Gasteiger partial charge in [0.25, 0.3) is 0 Å². The molecule has 2 N–H and O–H groups in total. The fraction of sp³-hybridized carbons (Fsp3) is 0.333. The fourth-order valence-corrected chi connectivity index (χ4v) is 2.69. The molecule has 0 aromatic heterocycles. The minimum Gasteiger partial charge on any atom is -0.374 e. The maximum atomic E-state index is 6.12. The molecule has 2 rings (SSSR count). The van der Waals surface area contributed by atoms with Crippen molar-refractivity contribution >= 4 is 17.3 Å². The standard InChI is InChI=1S/C18H23ClN2/c1-14(20)12-16-13-17(19)8-9-18(16)21(2)11-10-15-6-4-3-5-7-15/h3-9,13-14H,10-12,20H2,1-2H3. The van der Waals surface area contributed by atoms with E-state index in [0.29, 0.717) is 0 Å². The summed E-state index contributed by atoms with van der Waals surface area (Å²) in [7, 11) is 2.12. The number of anilines is 1. The summed E-state index contributed by atoms with van der Waals surface area (Å²) in [4.78, 5) is 2.28. The Bertz CT molecular complexity index is 567. The van der Waals surface area contributed by atoms with Crippen LogP contribution < -0.4 is 10.6 Å². The van der Waals surface area contributed by atoms with Gasteiger partial charge in [-0.3, -0.25) is 0 Å². The predicted octanol–water partition coefficient (Wildman–Crippen LogP) is 3.91. The van der Waals surface area contributed by atoms with Crippen LogP contribution in [0.3, 0.4) is 0 Å². The van der Waals surface area contributed by atoms with E-state index in [4.69, 9.17) is 17.3 Å². The van der Waals surface area contributed by atoms with Gasteiger partial charge in [0.15, 0.2) is 0 Å². The third kappa shape index (κ3) is 4.76. The Morgan fingerprint density at radius 3 is 2.52 bits per heavy atom. The predicted molar refractivity (Wildman–Crippen MR) is 92.2 cm³/mol.